The number of rotatable bonds is 5. The molecule has 0 spiro atoms. The van der Waals surface area contributed by atoms with Crippen LogP contribution in [-0.2, 0) is 24.5 Å². The first-order valence-electron chi connectivity index (χ1n) is 9.08. The molecule has 1 atom stereocenters. The Balaban J connectivity index is 1.44. The minimum atomic E-state index is -0.912. The van der Waals surface area contributed by atoms with E-state index in [2.05, 4.69) is 10.9 Å². The molecule has 1 aliphatic rings. The summed E-state index contributed by atoms with van der Waals surface area (Å²) in [6.07, 6.45) is -0.912. The summed E-state index contributed by atoms with van der Waals surface area (Å²) < 4.78 is 16.1. The number of nitrogens with one attached hydrogen (secondary N) is 2. The fourth-order valence-corrected chi connectivity index (χ4v) is 2.68. The van der Waals surface area contributed by atoms with E-state index in [0.717, 1.165) is 5.56 Å². The predicted molar refractivity (Wildman–Crippen MR) is 103 cm³/mol. The van der Waals surface area contributed by atoms with Crippen molar-refractivity contribution in [3.63, 3.8) is 0 Å². The molecule has 0 radical (unpaired) electrons. The molecule has 29 heavy (non-hydrogen) atoms. The van der Waals surface area contributed by atoms with Gasteiger partial charge in [-0.2, -0.15) is 0 Å². The highest BCUT2D eigenvalue weighted by Gasteiger charge is 2.32. The van der Waals surface area contributed by atoms with Gasteiger partial charge in [-0.25, -0.2) is 0 Å². The lowest BCUT2D eigenvalue weighted by molar-refractivity contribution is -0.153. The maximum Gasteiger partial charge on any atom is 0.316 e. The van der Waals surface area contributed by atoms with Crippen molar-refractivity contribution >= 4 is 17.8 Å². The summed E-state index contributed by atoms with van der Waals surface area (Å²) >= 11 is 0. The largest absolute Gasteiger partial charge is 0.485 e. The number of carbonyl (C=O) groups is 3. The van der Waals surface area contributed by atoms with Crippen molar-refractivity contribution < 1.29 is 28.6 Å². The van der Waals surface area contributed by atoms with E-state index in [1.165, 1.54) is 0 Å². The van der Waals surface area contributed by atoms with Gasteiger partial charge in [0.1, 0.15) is 6.61 Å². The van der Waals surface area contributed by atoms with Crippen molar-refractivity contribution in [2.45, 2.75) is 25.4 Å². The Bertz CT molecular complexity index is 897. The highest BCUT2D eigenvalue weighted by Crippen LogP contribution is 2.30. The van der Waals surface area contributed by atoms with Crippen LogP contribution in [0.4, 0.5) is 0 Å². The van der Waals surface area contributed by atoms with Crippen molar-refractivity contribution in [1.29, 1.82) is 0 Å². The van der Waals surface area contributed by atoms with Crippen LogP contribution < -0.4 is 20.3 Å². The van der Waals surface area contributed by atoms with E-state index in [4.69, 9.17) is 14.2 Å². The topological polar surface area (TPSA) is 103 Å². The second kappa shape index (κ2) is 8.64. The molecule has 2 aromatic rings. The SMILES string of the molecule is CC(C)(C(=O)OCC(=O)NNC(=O)[C@H]1COc2ccccc2O1)c1ccccc1. The summed E-state index contributed by atoms with van der Waals surface area (Å²) in [4.78, 5) is 36.4. The van der Waals surface area contributed by atoms with Crippen molar-refractivity contribution in [1.82, 2.24) is 10.9 Å². The van der Waals surface area contributed by atoms with Crippen LogP contribution in [-0.4, -0.2) is 37.1 Å². The number of esters is 1. The Morgan fingerprint density at radius 2 is 1.66 bits per heavy atom. The van der Waals surface area contributed by atoms with Gasteiger partial charge >= 0.3 is 5.97 Å². The monoisotopic (exact) mass is 398 g/mol. The van der Waals surface area contributed by atoms with Crippen LogP contribution in [0.25, 0.3) is 0 Å². The first-order chi connectivity index (χ1) is 13.9. The lowest BCUT2D eigenvalue weighted by atomic mass is 9.85. The second-order valence-corrected chi connectivity index (χ2v) is 6.97. The molecular weight excluding hydrogens is 376 g/mol. The van der Waals surface area contributed by atoms with Crippen molar-refractivity contribution in [2.75, 3.05) is 13.2 Å². The molecule has 1 aliphatic heterocycles. The zero-order valence-electron chi connectivity index (χ0n) is 16.1. The van der Waals surface area contributed by atoms with Gasteiger partial charge in [0.25, 0.3) is 11.8 Å². The van der Waals surface area contributed by atoms with Crippen molar-refractivity contribution in [3.05, 3.63) is 60.2 Å². The maximum absolute atomic E-state index is 12.3. The molecule has 0 aromatic heterocycles. The lowest BCUT2D eigenvalue weighted by Crippen LogP contribution is -2.51. The summed E-state index contributed by atoms with van der Waals surface area (Å²) in [6.45, 7) is 2.91. The van der Waals surface area contributed by atoms with Crippen LogP contribution >= 0.6 is 0 Å². The number of benzene rings is 2. The number of carbonyl (C=O) groups excluding carboxylic acids is 3. The highest BCUT2D eigenvalue weighted by molar-refractivity contribution is 5.88. The van der Waals surface area contributed by atoms with Gasteiger partial charge in [0, 0.05) is 0 Å². The molecule has 2 amide bonds. The third-order valence-corrected chi connectivity index (χ3v) is 4.47. The third-order valence-electron chi connectivity index (χ3n) is 4.47. The third kappa shape index (κ3) is 4.84. The van der Waals surface area contributed by atoms with Crippen molar-refractivity contribution in [3.8, 4) is 11.5 Å². The minimum Gasteiger partial charge on any atom is -0.485 e. The maximum atomic E-state index is 12.3. The Labute approximate surface area is 168 Å². The van der Waals surface area contributed by atoms with Crippen LogP contribution in [0.2, 0.25) is 0 Å². The molecule has 0 saturated heterocycles. The average molecular weight is 398 g/mol. The molecule has 0 unspecified atom stereocenters. The number of fused-ring (bicyclic) bond motifs is 1. The molecule has 0 aliphatic carbocycles. The quantitative estimate of drug-likeness (QED) is 0.584. The molecule has 0 saturated carbocycles. The zero-order chi connectivity index (χ0) is 20.9. The zero-order valence-corrected chi connectivity index (χ0v) is 16.1. The number of hydrazine groups is 1. The molecule has 8 heteroatoms. The number of ether oxygens (including phenoxy) is 3. The van der Waals surface area contributed by atoms with Crippen LogP contribution in [0, 0.1) is 0 Å². The van der Waals surface area contributed by atoms with Crippen LogP contribution in [0.3, 0.4) is 0 Å². The molecule has 152 valence electrons. The van der Waals surface area contributed by atoms with Crippen LogP contribution in [0.1, 0.15) is 19.4 Å². The molecule has 8 nitrogen and oxygen atoms in total. The average Bonchev–Trinajstić information content (AvgIpc) is 2.75. The molecular formula is C21H22N2O6. The fourth-order valence-electron chi connectivity index (χ4n) is 2.68. The molecule has 2 aromatic carbocycles. The number of hydrogen-bond donors (Lipinski definition) is 2. The Hall–Kier alpha value is -3.55. The first-order valence-corrected chi connectivity index (χ1v) is 9.08. The van der Waals surface area contributed by atoms with Crippen LogP contribution in [0.15, 0.2) is 54.6 Å². The van der Waals surface area contributed by atoms with E-state index >= 15 is 0 Å². The van der Waals surface area contributed by atoms with Gasteiger partial charge in [-0.3, -0.25) is 25.2 Å². The van der Waals surface area contributed by atoms with Gasteiger partial charge in [0.15, 0.2) is 18.1 Å². The first kappa shape index (κ1) is 20.2. The van der Waals surface area contributed by atoms with E-state index in [1.54, 1.807) is 38.1 Å². The molecule has 2 N–H and O–H groups in total. The molecule has 0 bridgehead atoms. The Morgan fingerprint density at radius 3 is 2.38 bits per heavy atom. The predicted octanol–water partition coefficient (Wildman–Crippen LogP) is 1.49. The molecule has 1 heterocycles. The second-order valence-electron chi connectivity index (χ2n) is 6.97. The summed E-state index contributed by atoms with van der Waals surface area (Å²) in [5.74, 6) is -0.807. The Kier molecular flexibility index (Phi) is 6.01. The van der Waals surface area contributed by atoms with Gasteiger partial charge in [0.05, 0.1) is 5.41 Å². The van der Waals surface area contributed by atoms with Gasteiger partial charge in [-0.15, -0.1) is 0 Å². The van der Waals surface area contributed by atoms with E-state index < -0.39 is 35.9 Å². The van der Waals surface area contributed by atoms with Gasteiger partial charge in [-0.05, 0) is 31.5 Å². The standard InChI is InChI=1S/C21H22N2O6/c1-21(2,14-8-4-3-5-9-14)20(26)28-13-18(24)22-23-19(25)17-12-27-15-10-6-7-11-16(15)29-17/h3-11,17H,12-13H2,1-2H3,(H,22,24)(H,23,25)/t17-/m1/s1. The summed E-state index contributed by atoms with van der Waals surface area (Å²) in [5, 5.41) is 0. The van der Waals surface area contributed by atoms with Gasteiger partial charge < -0.3 is 14.2 Å². The molecule has 0 fully saturated rings. The smallest absolute Gasteiger partial charge is 0.316 e. The lowest BCUT2D eigenvalue weighted by Gasteiger charge is -2.25. The summed E-state index contributed by atoms with van der Waals surface area (Å²) in [7, 11) is 0. The minimum absolute atomic E-state index is 0.0129. The van der Waals surface area contributed by atoms with Crippen molar-refractivity contribution in [2.24, 2.45) is 0 Å². The Morgan fingerprint density at radius 1 is 1.00 bits per heavy atom. The number of para-hydroxylation sites is 2. The number of hydrogen-bond acceptors (Lipinski definition) is 6. The van der Waals surface area contributed by atoms with E-state index in [1.807, 2.05) is 30.3 Å². The normalized spacial score (nSPS) is 15.2. The summed E-state index contributed by atoms with van der Waals surface area (Å²) in [5.41, 5.74) is 4.30. The highest BCUT2D eigenvalue weighted by atomic mass is 16.6. The van der Waals surface area contributed by atoms with E-state index in [9.17, 15) is 14.4 Å². The van der Waals surface area contributed by atoms with Crippen LogP contribution in [0.5, 0.6) is 11.5 Å². The fraction of sp³-hybridized carbons (Fsp3) is 0.286. The van der Waals surface area contributed by atoms with Gasteiger partial charge in [-0.1, -0.05) is 42.5 Å². The molecule has 3 rings (SSSR count). The van der Waals surface area contributed by atoms with E-state index in [0.29, 0.717) is 11.5 Å². The number of amides is 2. The van der Waals surface area contributed by atoms with E-state index in [-0.39, 0.29) is 6.61 Å². The van der Waals surface area contributed by atoms with Gasteiger partial charge in [0.2, 0.25) is 6.10 Å². The summed E-state index contributed by atoms with van der Waals surface area (Å²) in [6, 6.07) is 16.1.